The third-order valence-corrected chi connectivity index (χ3v) is 6.65. The van der Waals surface area contributed by atoms with E-state index in [1.165, 1.54) is 4.31 Å². The van der Waals surface area contributed by atoms with E-state index in [1.807, 2.05) is 19.9 Å². The number of aryl methyl sites for hydroxylation is 1. The van der Waals surface area contributed by atoms with E-state index in [4.69, 9.17) is 5.73 Å². The van der Waals surface area contributed by atoms with Crippen molar-refractivity contribution in [2.24, 2.45) is 0 Å². The molecule has 6 heteroatoms. The summed E-state index contributed by atoms with van der Waals surface area (Å²) in [6, 6.07) is 1.48. The van der Waals surface area contributed by atoms with Gasteiger partial charge in [-0.3, -0.25) is 0 Å². The number of piperidine rings is 1. The highest BCUT2D eigenvalue weighted by atomic mass is 32.2. The van der Waals surface area contributed by atoms with Crippen molar-refractivity contribution in [1.29, 1.82) is 0 Å². The maximum Gasteiger partial charge on any atom is 0.244 e. The first kappa shape index (κ1) is 16.3. The fraction of sp³-hybridized carbons (Fsp3) is 0.600. The maximum absolute atomic E-state index is 13.1. The van der Waals surface area contributed by atoms with Crippen LogP contribution in [0.1, 0.15) is 36.0 Å². The highest BCUT2D eigenvalue weighted by Crippen LogP contribution is 2.33. The van der Waals surface area contributed by atoms with Gasteiger partial charge in [0.05, 0.1) is 11.5 Å². The SMILES string of the molecule is Cc1cc(N)c(C)c(S(=O)(=O)N2CCCCC2CO)c1C. The van der Waals surface area contributed by atoms with E-state index < -0.39 is 10.0 Å². The molecule has 1 aliphatic heterocycles. The molecule has 0 amide bonds. The monoisotopic (exact) mass is 312 g/mol. The summed E-state index contributed by atoms with van der Waals surface area (Å²) in [5.41, 5.74) is 8.65. The number of hydrogen-bond acceptors (Lipinski definition) is 4. The molecule has 21 heavy (non-hydrogen) atoms. The summed E-state index contributed by atoms with van der Waals surface area (Å²) in [6.45, 7) is 5.74. The molecular weight excluding hydrogens is 288 g/mol. The van der Waals surface area contributed by atoms with E-state index in [9.17, 15) is 13.5 Å². The average Bonchev–Trinajstić information content (AvgIpc) is 2.45. The number of sulfonamides is 1. The third-order valence-electron chi connectivity index (χ3n) is 4.43. The zero-order chi connectivity index (χ0) is 15.8. The molecular formula is C15H24N2O3S. The first-order valence-electron chi connectivity index (χ1n) is 7.29. The summed E-state index contributed by atoms with van der Waals surface area (Å²) in [5.74, 6) is 0. The highest BCUT2D eigenvalue weighted by molar-refractivity contribution is 7.89. The minimum absolute atomic E-state index is 0.140. The lowest BCUT2D eigenvalue weighted by atomic mass is 10.1. The van der Waals surface area contributed by atoms with Gasteiger partial charge in [-0.1, -0.05) is 6.42 Å². The Balaban J connectivity index is 2.59. The second kappa shape index (κ2) is 5.94. The minimum Gasteiger partial charge on any atom is -0.398 e. The smallest absolute Gasteiger partial charge is 0.244 e. The Morgan fingerprint density at radius 2 is 1.95 bits per heavy atom. The van der Waals surface area contributed by atoms with Crippen LogP contribution in [0.3, 0.4) is 0 Å². The van der Waals surface area contributed by atoms with Crippen LogP contribution in [0.5, 0.6) is 0 Å². The number of nitrogens with zero attached hydrogens (tertiary/aromatic N) is 1. The van der Waals surface area contributed by atoms with E-state index in [-0.39, 0.29) is 12.6 Å². The van der Waals surface area contributed by atoms with Crippen molar-refractivity contribution < 1.29 is 13.5 Å². The van der Waals surface area contributed by atoms with Crippen LogP contribution in [0.4, 0.5) is 5.69 Å². The summed E-state index contributed by atoms with van der Waals surface area (Å²) in [4.78, 5) is 0.306. The second-order valence-corrected chi connectivity index (χ2v) is 7.64. The summed E-state index contributed by atoms with van der Waals surface area (Å²) in [5, 5.41) is 9.49. The lowest BCUT2D eigenvalue weighted by molar-refractivity contribution is 0.155. The number of aliphatic hydroxyl groups is 1. The topological polar surface area (TPSA) is 83.6 Å². The number of rotatable bonds is 3. The number of aliphatic hydroxyl groups excluding tert-OH is 1. The van der Waals surface area contributed by atoms with Gasteiger partial charge in [-0.15, -0.1) is 0 Å². The number of hydrogen-bond donors (Lipinski definition) is 2. The summed E-state index contributed by atoms with van der Waals surface area (Å²) >= 11 is 0. The second-order valence-electron chi connectivity index (χ2n) is 5.81. The van der Waals surface area contributed by atoms with E-state index in [1.54, 1.807) is 6.92 Å². The quantitative estimate of drug-likeness (QED) is 0.833. The molecule has 1 aromatic rings. The van der Waals surface area contributed by atoms with Gasteiger partial charge < -0.3 is 10.8 Å². The van der Waals surface area contributed by atoms with Crippen molar-refractivity contribution in [1.82, 2.24) is 4.31 Å². The largest absolute Gasteiger partial charge is 0.398 e. The first-order valence-corrected chi connectivity index (χ1v) is 8.73. The zero-order valence-corrected chi connectivity index (χ0v) is 13.7. The van der Waals surface area contributed by atoms with E-state index in [0.717, 1.165) is 24.0 Å². The van der Waals surface area contributed by atoms with Crippen molar-refractivity contribution >= 4 is 15.7 Å². The number of anilines is 1. The van der Waals surface area contributed by atoms with Gasteiger partial charge in [-0.25, -0.2) is 8.42 Å². The molecule has 0 radical (unpaired) electrons. The molecule has 1 heterocycles. The van der Waals surface area contributed by atoms with Crippen LogP contribution in [-0.4, -0.2) is 37.0 Å². The molecule has 0 saturated carbocycles. The van der Waals surface area contributed by atoms with Gasteiger partial charge in [-0.05, 0) is 56.4 Å². The van der Waals surface area contributed by atoms with Crippen LogP contribution in [0.15, 0.2) is 11.0 Å². The Labute approximate surface area is 126 Å². The molecule has 0 bridgehead atoms. The van der Waals surface area contributed by atoms with Crippen molar-refractivity contribution in [3.63, 3.8) is 0 Å². The molecule has 1 aliphatic rings. The van der Waals surface area contributed by atoms with E-state index >= 15 is 0 Å². The summed E-state index contributed by atoms with van der Waals surface area (Å²) < 4.78 is 27.6. The molecule has 1 unspecified atom stereocenters. The van der Waals surface area contributed by atoms with Gasteiger partial charge in [0.25, 0.3) is 0 Å². The minimum atomic E-state index is -3.64. The molecule has 5 nitrogen and oxygen atoms in total. The molecule has 3 N–H and O–H groups in total. The Morgan fingerprint density at radius 3 is 2.57 bits per heavy atom. The van der Waals surface area contributed by atoms with Gasteiger partial charge in [0.15, 0.2) is 0 Å². The van der Waals surface area contributed by atoms with Crippen LogP contribution in [0.2, 0.25) is 0 Å². The predicted molar refractivity (Wildman–Crippen MR) is 83.7 cm³/mol. The Morgan fingerprint density at radius 1 is 1.29 bits per heavy atom. The molecule has 1 atom stereocenters. The molecule has 2 rings (SSSR count). The lowest BCUT2D eigenvalue weighted by Gasteiger charge is -2.34. The average molecular weight is 312 g/mol. The van der Waals surface area contributed by atoms with Crippen molar-refractivity contribution in [3.05, 3.63) is 22.8 Å². The van der Waals surface area contributed by atoms with Gasteiger partial charge in [-0.2, -0.15) is 4.31 Å². The van der Waals surface area contributed by atoms with Gasteiger partial charge in [0, 0.05) is 18.3 Å². The van der Waals surface area contributed by atoms with Gasteiger partial charge in [0.2, 0.25) is 10.0 Å². The molecule has 0 aliphatic carbocycles. The summed E-state index contributed by atoms with van der Waals surface area (Å²) in [6.07, 6.45) is 2.48. The standard InChI is InChI=1S/C15H24N2O3S/c1-10-8-14(16)12(3)15(11(10)2)21(19,20)17-7-5-4-6-13(17)9-18/h8,13,18H,4-7,9,16H2,1-3H3. The Bertz CT molecular complexity index is 615. The molecule has 0 aromatic heterocycles. The Hall–Kier alpha value is -1.11. The van der Waals surface area contributed by atoms with Crippen LogP contribution in [-0.2, 0) is 10.0 Å². The van der Waals surface area contributed by atoms with Crippen molar-refractivity contribution in [2.45, 2.75) is 51.0 Å². The fourth-order valence-corrected chi connectivity index (χ4v) is 5.24. The van der Waals surface area contributed by atoms with Crippen LogP contribution in [0.25, 0.3) is 0 Å². The fourth-order valence-electron chi connectivity index (χ4n) is 3.02. The van der Waals surface area contributed by atoms with Gasteiger partial charge >= 0.3 is 0 Å². The van der Waals surface area contributed by atoms with Crippen molar-refractivity contribution in [2.75, 3.05) is 18.9 Å². The zero-order valence-electron chi connectivity index (χ0n) is 12.9. The third kappa shape index (κ3) is 2.80. The maximum atomic E-state index is 13.1. The molecule has 1 aromatic carbocycles. The molecule has 0 spiro atoms. The predicted octanol–water partition coefficient (Wildman–Crippen LogP) is 1.73. The number of nitrogen functional groups attached to an aromatic ring is 1. The Kier molecular flexibility index (Phi) is 4.60. The van der Waals surface area contributed by atoms with E-state index in [2.05, 4.69) is 0 Å². The molecule has 118 valence electrons. The lowest BCUT2D eigenvalue weighted by Crippen LogP contribution is -2.45. The molecule has 1 fully saturated rings. The van der Waals surface area contributed by atoms with Gasteiger partial charge in [0.1, 0.15) is 0 Å². The van der Waals surface area contributed by atoms with Crippen LogP contribution < -0.4 is 5.73 Å². The molecule has 1 saturated heterocycles. The summed E-state index contributed by atoms with van der Waals surface area (Å²) in [7, 11) is -3.64. The van der Waals surface area contributed by atoms with Crippen LogP contribution >= 0.6 is 0 Å². The normalized spacial score (nSPS) is 20.7. The number of nitrogens with two attached hydrogens (primary N) is 1. The highest BCUT2D eigenvalue weighted by Gasteiger charge is 2.35. The van der Waals surface area contributed by atoms with E-state index in [0.29, 0.717) is 29.1 Å². The van der Waals surface area contributed by atoms with Crippen LogP contribution in [0, 0.1) is 20.8 Å². The first-order chi connectivity index (χ1) is 9.80. The number of benzene rings is 1. The van der Waals surface area contributed by atoms with Crippen molar-refractivity contribution in [3.8, 4) is 0 Å².